The van der Waals surface area contributed by atoms with E-state index in [0.29, 0.717) is 25.9 Å². The van der Waals surface area contributed by atoms with E-state index in [1.807, 2.05) is 17.0 Å². The Hall–Kier alpha value is -1.88. The molecule has 1 N–H and O–H groups in total. The Morgan fingerprint density at radius 3 is 2.76 bits per heavy atom. The second-order valence-electron chi connectivity index (χ2n) is 6.96. The average Bonchev–Trinajstić information content (AvgIpc) is 2.62. The minimum atomic E-state index is -0.392. The van der Waals surface area contributed by atoms with E-state index in [1.165, 1.54) is 11.1 Å². The summed E-state index contributed by atoms with van der Waals surface area (Å²) in [5.41, 5.74) is 2.12. The van der Waals surface area contributed by atoms with Gasteiger partial charge in [0.05, 0.1) is 5.60 Å². The lowest BCUT2D eigenvalue weighted by molar-refractivity contribution is -0.139. The standard InChI is InChI=1S/C20H30N2O3/c1-16-7-4-5-8-18(16)10-13-21-19(24)9-12-20(25-3)11-6-14-22(15-20)17(2)23/h4-5,7-8H,6,9-15H2,1-3H3,(H,21,24)/t20-/m1/s1. The molecule has 0 radical (unpaired) electrons. The van der Waals surface area contributed by atoms with Gasteiger partial charge in [0.1, 0.15) is 0 Å². The third-order valence-electron chi connectivity index (χ3n) is 5.20. The molecule has 1 aromatic rings. The number of ether oxygens (including phenoxy) is 1. The molecule has 0 saturated carbocycles. The van der Waals surface area contributed by atoms with Gasteiger partial charge in [-0.3, -0.25) is 9.59 Å². The third-order valence-corrected chi connectivity index (χ3v) is 5.20. The van der Waals surface area contributed by atoms with E-state index in [4.69, 9.17) is 4.74 Å². The van der Waals surface area contributed by atoms with Gasteiger partial charge in [-0.15, -0.1) is 0 Å². The maximum atomic E-state index is 12.2. The number of piperidine rings is 1. The predicted molar refractivity (Wildman–Crippen MR) is 98.4 cm³/mol. The lowest BCUT2D eigenvalue weighted by Crippen LogP contribution is -2.51. The first kappa shape index (κ1) is 19.4. The van der Waals surface area contributed by atoms with Crippen LogP contribution in [0.15, 0.2) is 24.3 Å². The van der Waals surface area contributed by atoms with Gasteiger partial charge in [0.2, 0.25) is 11.8 Å². The van der Waals surface area contributed by atoms with Gasteiger partial charge in [-0.25, -0.2) is 0 Å². The highest BCUT2D eigenvalue weighted by atomic mass is 16.5. The highest BCUT2D eigenvalue weighted by Crippen LogP contribution is 2.29. The summed E-state index contributed by atoms with van der Waals surface area (Å²) >= 11 is 0. The topological polar surface area (TPSA) is 58.6 Å². The summed E-state index contributed by atoms with van der Waals surface area (Å²) in [6.45, 7) is 5.68. The SMILES string of the molecule is CO[C@@]1(CCC(=O)NCCc2ccccc2C)CCCN(C(C)=O)C1. The number of hydrogen-bond donors (Lipinski definition) is 1. The number of benzene rings is 1. The monoisotopic (exact) mass is 346 g/mol. The second-order valence-corrected chi connectivity index (χ2v) is 6.96. The summed E-state index contributed by atoms with van der Waals surface area (Å²) in [6.07, 6.45) is 3.72. The molecule has 5 heteroatoms. The highest BCUT2D eigenvalue weighted by Gasteiger charge is 2.36. The van der Waals surface area contributed by atoms with Crippen LogP contribution in [0.5, 0.6) is 0 Å². The number of likely N-dealkylation sites (tertiary alicyclic amines) is 1. The van der Waals surface area contributed by atoms with Gasteiger partial charge in [-0.2, -0.15) is 0 Å². The lowest BCUT2D eigenvalue weighted by atomic mass is 9.87. The molecule has 1 heterocycles. The van der Waals surface area contributed by atoms with E-state index in [-0.39, 0.29) is 11.8 Å². The molecule has 1 fully saturated rings. The van der Waals surface area contributed by atoms with Crippen LogP contribution in [0.25, 0.3) is 0 Å². The number of rotatable bonds is 7. The van der Waals surface area contributed by atoms with Crippen molar-refractivity contribution in [1.29, 1.82) is 0 Å². The van der Waals surface area contributed by atoms with Crippen molar-refractivity contribution in [2.45, 2.75) is 51.6 Å². The number of methoxy groups -OCH3 is 1. The van der Waals surface area contributed by atoms with E-state index in [9.17, 15) is 9.59 Å². The van der Waals surface area contributed by atoms with Crippen LogP contribution in [0.2, 0.25) is 0 Å². The minimum absolute atomic E-state index is 0.0463. The molecule has 0 unspecified atom stereocenters. The zero-order chi connectivity index (χ0) is 18.3. The Morgan fingerprint density at radius 1 is 1.32 bits per heavy atom. The Bertz CT molecular complexity index is 602. The molecular weight excluding hydrogens is 316 g/mol. The van der Waals surface area contributed by atoms with Crippen molar-refractivity contribution in [3.63, 3.8) is 0 Å². The number of nitrogens with one attached hydrogen (secondary N) is 1. The number of hydrogen-bond acceptors (Lipinski definition) is 3. The average molecular weight is 346 g/mol. The zero-order valence-corrected chi connectivity index (χ0v) is 15.6. The molecule has 0 aliphatic carbocycles. The van der Waals surface area contributed by atoms with Crippen LogP contribution in [0.4, 0.5) is 0 Å². The van der Waals surface area contributed by atoms with Crippen LogP contribution in [0, 0.1) is 6.92 Å². The minimum Gasteiger partial charge on any atom is -0.376 e. The van der Waals surface area contributed by atoms with Gasteiger partial charge in [0.15, 0.2) is 0 Å². The third kappa shape index (κ3) is 5.56. The molecule has 1 aromatic carbocycles. The summed E-state index contributed by atoms with van der Waals surface area (Å²) in [5, 5.41) is 3.00. The van der Waals surface area contributed by atoms with Gasteiger partial charge in [0.25, 0.3) is 0 Å². The molecule has 1 aliphatic rings. The van der Waals surface area contributed by atoms with E-state index in [2.05, 4.69) is 24.4 Å². The lowest BCUT2D eigenvalue weighted by Gasteiger charge is -2.41. The van der Waals surface area contributed by atoms with Crippen molar-refractivity contribution in [3.05, 3.63) is 35.4 Å². The number of carbonyl (C=O) groups is 2. The van der Waals surface area contributed by atoms with Crippen molar-refractivity contribution < 1.29 is 14.3 Å². The van der Waals surface area contributed by atoms with Crippen molar-refractivity contribution in [1.82, 2.24) is 10.2 Å². The molecule has 1 atom stereocenters. The Morgan fingerprint density at radius 2 is 2.08 bits per heavy atom. The van der Waals surface area contributed by atoms with E-state index in [1.54, 1.807) is 14.0 Å². The Kier molecular flexibility index (Phi) is 7.00. The van der Waals surface area contributed by atoms with Crippen LogP contribution in [-0.4, -0.2) is 49.1 Å². The van der Waals surface area contributed by atoms with Gasteiger partial charge in [0, 0.05) is 40.1 Å². The molecule has 2 rings (SSSR count). The molecule has 1 aliphatic heterocycles. The van der Waals surface area contributed by atoms with Gasteiger partial charge in [-0.05, 0) is 43.7 Å². The first-order chi connectivity index (χ1) is 12.0. The van der Waals surface area contributed by atoms with E-state index < -0.39 is 5.60 Å². The molecule has 0 aromatic heterocycles. The molecule has 5 nitrogen and oxygen atoms in total. The van der Waals surface area contributed by atoms with Crippen molar-refractivity contribution in [2.24, 2.45) is 0 Å². The summed E-state index contributed by atoms with van der Waals surface area (Å²) in [6, 6.07) is 8.23. The first-order valence-corrected chi connectivity index (χ1v) is 9.08. The molecule has 1 saturated heterocycles. The largest absolute Gasteiger partial charge is 0.376 e. The molecule has 138 valence electrons. The fourth-order valence-electron chi connectivity index (χ4n) is 3.50. The van der Waals surface area contributed by atoms with Crippen LogP contribution in [-0.2, 0) is 20.7 Å². The van der Waals surface area contributed by atoms with Gasteiger partial charge >= 0.3 is 0 Å². The van der Waals surface area contributed by atoms with E-state index in [0.717, 1.165) is 25.8 Å². The quantitative estimate of drug-likeness (QED) is 0.825. The molecule has 2 amide bonds. The summed E-state index contributed by atoms with van der Waals surface area (Å²) in [4.78, 5) is 25.6. The summed E-state index contributed by atoms with van der Waals surface area (Å²) in [5.74, 6) is 0.119. The fraction of sp³-hybridized carbons (Fsp3) is 0.600. The Labute approximate surface area is 150 Å². The number of nitrogens with zero attached hydrogens (tertiary/aromatic N) is 1. The fourth-order valence-corrected chi connectivity index (χ4v) is 3.50. The van der Waals surface area contributed by atoms with Crippen LogP contribution in [0.3, 0.4) is 0 Å². The number of amides is 2. The van der Waals surface area contributed by atoms with Crippen molar-refractivity contribution >= 4 is 11.8 Å². The second kappa shape index (κ2) is 8.99. The van der Waals surface area contributed by atoms with Gasteiger partial charge < -0.3 is 15.0 Å². The number of aryl methyl sites for hydroxylation is 1. The maximum Gasteiger partial charge on any atom is 0.220 e. The molecule has 0 bridgehead atoms. The highest BCUT2D eigenvalue weighted by molar-refractivity contribution is 5.76. The van der Waals surface area contributed by atoms with Crippen LogP contribution >= 0.6 is 0 Å². The first-order valence-electron chi connectivity index (χ1n) is 9.08. The van der Waals surface area contributed by atoms with Gasteiger partial charge in [-0.1, -0.05) is 24.3 Å². The smallest absolute Gasteiger partial charge is 0.220 e. The normalized spacial score (nSPS) is 20.4. The van der Waals surface area contributed by atoms with E-state index >= 15 is 0 Å². The molecular formula is C20H30N2O3. The molecule has 25 heavy (non-hydrogen) atoms. The zero-order valence-electron chi connectivity index (χ0n) is 15.6. The number of carbonyl (C=O) groups excluding carboxylic acids is 2. The molecule has 0 spiro atoms. The van der Waals surface area contributed by atoms with Crippen LogP contribution < -0.4 is 5.32 Å². The van der Waals surface area contributed by atoms with Crippen LogP contribution in [0.1, 0.15) is 43.7 Å². The Balaban J connectivity index is 1.78. The van der Waals surface area contributed by atoms with Crippen molar-refractivity contribution in [3.8, 4) is 0 Å². The maximum absolute atomic E-state index is 12.2. The van der Waals surface area contributed by atoms with Crippen molar-refractivity contribution in [2.75, 3.05) is 26.7 Å². The predicted octanol–water partition coefficient (Wildman–Crippen LogP) is 2.46. The summed E-state index contributed by atoms with van der Waals surface area (Å²) < 4.78 is 5.73. The summed E-state index contributed by atoms with van der Waals surface area (Å²) in [7, 11) is 1.68.